The van der Waals surface area contributed by atoms with Crippen molar-refractivity contribution in [3.05, 3.63) is 36.2 Å². The highest BCUT2D eigenvalue weighted by molar-refractivity contribution is 5.97. The van der Waals surface area contributed by atoms with Gasteiger partial charge in [-0.2, -0.15) is 5.10 Å². The first-order valence-electron chi connectivity index (χ1n) is 5.65. The van der Waals surface area contributed by atoms with E-state index >= 15 is 0 Å². The number of ether oxygens (including phenoxy) is 1. The van der Waals surface area contributed by atoms with Gasteiger partial charge in [0, 0.05) is 7.11 Å². The Hall–Kier alpha value is -2.65. The molecule has 2 aromatic heterocycles. The Balaban J connectivity index is 2.16. The van der Waals surface area contributed by atoms with Gasteiger partial charge in [0.1, 0.15) is 12.1 Å². The second kappa shape index (κ2) is 4.55. The molecule has 3 rings (SSSR count). The maximum atomic E-state index is 5.88. The van der Waals surface area contributed by atoms with Crippen molar-refractivity contribution in [2.75, 3.05) is 12.8 Å². The van der Waals surface area contributed by atoms with Crippen LogP contribution in [0.15, 0.2) is 18.5 Å². The summed E-state index contributed by atoms with van der Waals surface area (Å²) in [6.07, 6.45) is 1.39. The molecule has 0 aliphatic carbocycles. The zero-order valence-corrected chi connectivity index (χ0v) is 10.3. The molecule has 0 saturated heterocycles. The first kappa shape index (κ1) is 11.4. The summed E-state index contributed by atoms with van der Waals surface area (Å²) in [5, 5.41) is 7.72. The van der Waals surface area contributed by atoms with Crippen LogP contribution >= 0.6 is 0 Å². The van der Waals surface area contributed by atoms with E-state index in [9.17, 15) is 0 Å². The van der Waals surface area contributed by atoms with Crippen LogP contribution in [0.25, 0.3) is 22.3 Å². The van der Waals surface area contributed by atoms with Crippen molar-refractivity contribution in [2.45, 2.75) is 6.61 Å². The van der Waals surface area contributed by atoms with Gasteiger partial charge in [-0.25, -0.2) is 9.97 Å². The topological polar surface area (TPSA) is 89.7 Å². The summed E-state index contributed by atoms with van der Waals surface area (Å²) in [6.45, 7) is 0.510. The molecule has 0 aliphatic rings. The van der Waals surface area contributed by atoms with Crippen molar-refractivity contribution >= 4 is 16.9 Å². The van der Waals surface area contributed by atoms with E-state index in [2.05, 4.69) is 32.3 Å². The molecule has 0 saturated carbocycles. The highest BCUT2D eigenvalue weighted by atomic mass is 16.5. The van der Waals surface area contributed by atoms with E-state index in [1.165, 1.54) is 6.33 Å². The Kier molecular flexibility index (Phi) is 2.74. The highest BCUT2D eigenvalue weighted by Crippen LogP contribution is 2.27. The maximum absolute atomic E-state index is 5.88. The lowest BCUT2D eigenvalue weighted by atomic mass is 10.1. The molecule has 0 aliphatic heterocycles. The fourth-order valence-corrected chi connectivity index (χ4v) is 1.93. The van der Waals surface area contributed by atoms with Crippen molar-refractivity contribution in [2.24, 2.45) is 0 Å². The Morgan fingerprint density at radius 1 is 1.42 bits per heavy atom. The quantitative estimate of drug-likeness (QED) is 0.735. The Labute approximate surface area is 109 Å². The molecule has 94 valence electrons. The van der Waals surface area contributed by atoms with Gasteiger partial charge in [0.15, 0.2) is 5.65 Å². The van der Waals surface area contributed by atoms with Gasteiger partial charge >= 0.3 is 0 Å². The lowest BCUT2D eigenvalue weighted by molar-refractivity contribution is 0.185. The van der Waals surface area contributed by atoms with Gasteiger partial charge in [-0.05, 0) is 17.7 Å². The predicted molar refractivity (Wildman–Crippen MR) is 69.9 cm³/mol. The number of anilines is 1. The molecule has 1 aromatic carbocycles. The fourth-order valence-electron chi connectivity index (χ4n) is 1.93. The smallest absolute Gasteiger partial charge is 0.186 e. The van der Waals surface area contributed by atoms with Crippen molar-refractivity contribution < 1.29 is 4.74 Å². The summed E-state index contributed by atoms with van der Waals surface area (Å²) in [6, 6.07) is 9.75. The zero-order valence-electron chi connectivity index (χ0n) is 10.3. The van der Waals surface area contributed by atoms with Crippen molar-refractivity contribution in [3.63, 3.8) is 0 Å². The molecule has 3 aromatic rings. The molecule has 6 nitrogen and oxygen atoms in total. The van der Waals surface area contributed by atoms with Crippen LogP contribution in [-0.2, 0) is 11.3 Å². The van der Waals surface area contributed by atoms with Crippen molar-refractivity contribution in [1.82, 2.24) is 20.2 Å². The molecule has 0 atom stereocenters. The van der Waals surface area contributed by atoms with Crippen LogP contribution in [0, 0.1) is 12.1 Å². The van der Waals surface area contributed by atoms with E-state index in [0.29, 0.717) is 23.5 Å². The normalized spacial score (nSPS) is 10.6. The summed E-state index contributed by atoms with van der Waals surface area (Å²) in [7, 11) is 1.65. The summed E-state index contributed by atoms with van der Waals surface area (Å²) < 4.78 is 5.10. The summed E-state index contributed by atoms with van der Waals surface area (Å²) in [5.74, 6) is 0.388. The van der Waals surface area contributed by atoms with Gasteiger partial charge in [-0.15, -0.1) is 0 Å². The lowest BCUT2D eigenvalue weighted by Gasteiger charge is -2.01. The van der Waals surface area contributed by atoms with Crippen LogP contribution in [0.5, 0.6) is 0 Å². The number of nitrogens with two attached hydrogens (primary N) is 1. The van der Waals surface area contributed by atoms with Crippen LogP contribution in [-0.4, -0.2) is 27.3 Å². The Morgan fingerprint density at radius 2 is 2.32 bits per heavy atom. The summed E-state index contributed by atoms with van der Waals surface area (Å²) in [4.78, 5) is 8.05. The third-order valence-electron chi connectivity index (χ3n) is 2.75. The molecule has 0 spiro atoms. The van der Waals surface area contributed by atoms with Crippen molar-refractivity contribution in [3.8, 4) is 11.3 Å². The standard InChI is InChI=1S/C13H11N5O/c1-19-6-8-3-2-4-9(5-8)11-10-12(14)15-7-16-13(10)18-17-11/h3,5,7H,6H2,1H3,(H3,14,15,16,17,18). The van der Waals surface area contributed by atoms with Gasteiger partial charge in [0.2, 0.25) is 0 Å². The minimum Gasteiger partial charge on any atom is -0.383 e. The number of aromatic nitrogens is 4. The summed E-state index contributed by atoms with van der Waals surface area (Å²) >= 11 is 0. The van der Waals surface area contributed by atoms with E-state index in [-0.39, 0.29) is 0 Å². The number of nitrogen functional groups attached to an aromatic ring is 1. The van der Waals surface area contributed by atoms with Crippen molar-refractivity contribution in [1.29, 1.82) is 0 Å². The third-order valence-corrected chi connectivity index (χ3v) is 2.75. The minimum atomic E-state index is 0.388. The number of rotatable bonds is 3. The average molecular weight is 253 g/mol. The number of hydrogen-bond acceptors (Lipinski definition) is 5. The number of aromatic amines is 1. The molecule has 0 unspecified atom stereocenters. The molecular formula is C13H11N5O. The molecule has 0 fully saturated rings. The largest absolute Gasteiger partial charge is 0.383 e. The first-order chi connectivity index (χ1) is 9.29. The first-order valence-corrected chi connectivity index (χ1v) is 5.65. The highest BCUT2D eigenvalue weighted by Gasteiger charge is 2.12. The lowest BCUT2D eigenvalue weighted by Crippen LogP contribution is -1.93. The van der Waals surface area contributed by atoms with Crippen LogP contribution < -0.4 is 5.73 Å². The van der Waals surface area contributed by atoms with Crippen LogP contribution in [0.4, 0.5) is 5.82 Å². The van der Waals surface area contributed by atoms with Crippen LogP contribution in [0.3, 0.4) is 0 Å². The summed E-state index contributed by atoms with van der Waals surface area (Å²) in [5.41, 5.74) is 8.95. The molecule has 2 heterocycles. The number of hydrogen-bond donors (Lipinski definition) is 2. The average Bonchev–Trinajstić information content (AvgIpc) is 2.85. The number of nitrogens with one attached hydrogen (secondary N) is 1. The van der Waals surface area contributed by atoms with Gasteiger partial charge in [0.25, 0.3) is 0 Å². The molecular weight excluding hydrogens is 242 g/mol. The van der Waals surface area contributed by atoms with Gasteiger partial charge in [0.05, 0.1) is 23.3 Å². The number of H-pyrrole nitrogens is 1. The van der Waals surface area contributed by atoms with Gasteiger partial charge in [-0.3, -0.25) is 5.10 Å². The Morgan fingerprint density at radius 3 is 3.16 bits per heavy atom. The molecule has 19 heavy (non-hydrogen) atoms. The Bertz CT molecular complexity index is 722. The zero-order chi connectivity index (χ0) is 13.2. The molecule has 0 radical (unpaired) electrons. The predicted octanol–water partition coefficient (Wildman–Crippen LogP) is 1.35. The SMILES string of the molecule is COCc1cc#cc(-c2[nH]nc3ncnc(N)c23)c1. The second-order valence-corrected chi connectivity index (χ2v) is 4.04. The molecule has 0 amide bonds. The van der Waals surface area contributed by atoms with E-state index in [0.717, 1.165) is 16.8 Å². The maximum Gasteiger partial charge on any atom is 0.186 e. The van der Waals surface area contributed by atoms with E-state index in [1.54, 1.807) is 7.11 Å². The van der Waals surface area contributed by atoms with Crippen LogP contribution in [0.1, 0.15) is 5.56 Å². The second-order valence-electron chi connectivity index (χ2n) is 4.04. The van der Waals surface area contributed by atoms with E-state index in [1.807, 2.05) is 12.1 Å². The minimum absolute atomic E-state index is 0.388. The number of fused-ring (bicyclic) bond motifs is 1. The number of nitrogens with zero attached hydrogens (tertiary/aromatic N) is 3. The molecule has 0 bridgehead atoms. The van der Waals surface area contributed by atoms with Gasteiger partial charge in [-0.1, -0.05) is 12.1 Å². The van der Waals surface area contributed by atoms with Crippen LogP contribution in [0.2, 0.25) is 0 Å². The van der Waals surface area contributed by atoms with E-state index < -0.39 is 0 Å². The fraction of sp³-hybridized carbons (Fsp3) is 0.154. The molecule has 6 heteroatoms. The van der Waals surface area contributed by atoms with Gasteiger partial charge < -0.3 is 10.5 Å². The monoisotopic (exact) mass is 253 g/mol. The van der Waals surface area contributed by atoms with E-state index in [4.69, 9.17) is 10.5 Å². The molecule has 3 N–H and O–H groups in total. The third kappa shape index (κ3) is 1.96. The number of methoxy groups -OCH3 is 1.